The van der Waals surface area contributed by atoms with E-state index in [2.05, 4.69) is 31.2 Å². The second kappa shape index (κ2) is 8.98. The highest BCUT2D eigenvalue weighted by Crippen LogP contribution is 2.41. The van der Waals surface area contributed by atoms with Gasteiger partial charge in [-0.3, -0.25) is 4.79 Å². The van der Waals surface area contributed by atoms with E-state index in [1.165, 1.54) is 30.3 Å². The third-order valence-electron chi connectivity index (χ3n) is 6.22. The number of benzene rings is 1. The number of ether oxygens (including phenoxy) is 1. The zero-order valence-electron chi connectivity index (χ0n) is 17.5. The SMILES string of the molecule is Nc1nc(O[C@H](c2ccc(Br)cc2)C(F)(F)F)cc(N2CCC3(CC2)CNC(C(=O)O)C3)n1. The Kier molecular flexibility index (Phi) is 6.41. The molecule has 1 spiro atoms. The second-order valence-electron chi connectivity index (χ2n) is 8.48. The van der Waals surface area contributed by atoms with Gasteiger partial charge >= 0.3 is 12.1 Å². The predicted octanol–water partition coefficient (Wildman–Crippen LogP) is 3.54. The van der Waals surface area contributed by atoms with Gasteiger partial charge in [-0.2, -0.15) is 23.1 Å². The molecule has 2 aromatic rings. The maximum absolute atomic E-state index is 13.7. The van der Waals surface area contributed by atoms with Gasteiger partial charge in [-0.15, -0.1) is 0 Å². The normalized spacial score (nSPS) is 21.2. The largest absolute Gasteiger partial charge is 0.480 e. The molecule has 178 valence electrons. The number of nitrogens with one attached hydrogen (secondary N) is 1. The first-order chi connectivity index (χ1) is 15.5. The molecule has 1 unspecified atom stereocenters. The fraction of sp³-hybridized carbons (Fsp3) is 0.476. The molecule has 2 atom stereocenters. The summed E-state index contributed by atoms with van der Waals surface area (Å²) >= 11 is 3.21. The molecule has 33 heavy (non-hydrogen) atoms. The number of carboxylic acids is 1. The third-order valence-corrected chi connectivity index (χ3v) is 6.75. The first-order valence-electron chi connectivity index (χ1n) is 10.4. The number of carbonyl (C=O) groups is 1. The number of alkyl halides is 3. The summed E-state index contributed by atoms with van der Waals surface area (Å²) in [5.41, 5.74) is 5.61. The lowest BCUT2D eigenvalue weighted by Gasteiger charge is -2.39. The summed E-state index contributed by atoms with van der Waals surface area (Å²) in [6.45, 7) is 1.76. The van der Waals surface area contributed by atoms with Crippen LogP contribution in [-0.4, -0.2) is 52.9 Å². The van der Waals surface area contributed by atoms with Crippen molar-refractivity contribution in [3.05, 3.63) is 40.4 Å². The molecule has 0 radical (unpaired) electrons. The van der Waals surface area contributed by atoms with Crippen LogP contribution >= 0.6 is 15.9 Å². The van der Waals surface area contributed by atoms with E-state index in [9.17, 15) is 23.1 Å². The molecule has 4 N–H and O–H groups in total. The van der Waals surface area contributed by atoms with Gasteiger partial charge in [0, 0.05) is 35.7 Å². The van der Waals surface area contributed by atoms with Crippen molar-refractivity contribution < 1.29 is 27.8 Å². The lowest BCUT2D eigenvalue weighted by Crippen LogP contribution is -2.41. The van der Waals surface area contributed by atoms with Crippen LogP contribution in [0.1, 0.15) is 30.9 Å². The van der Waals surface area contributed by atoms with Crippen molar-refractivity contribution in [1.82, 2.24) is 15.3 Å². The summed E-state index contributed by atoms with van der Waals surface area (Å²) in [5, 5.41) is 12.3. The molecule has 2 saturated heterocycles. The minimum absolute atomic E-state index is 0.0638. The van der Waals surface area contributed by atoms with Crippen LogP contribution in [0.25, 0.3) is 0 Å². The average molecular weight is 530 g/mol. The number of aliphatic carboxylic acids is 1. The summed E-state index contributed by atoms with van der Waals surface area (Å²) in [7, 11) is 0. The van der Waals surface area contributed by atoms with Crippen LogP contribution in [0.4, 0.5) is 24.9 Å². The van der Waals surface area contributed by atoms with Crippen LogP contribution in [0.3, 0.4) is 0 Å². The zero-order chi connectivity index (χ0) is 23.8. The maximum Gasteiger partial charge on any atom is 0.429 e. The number of anilines is 2. The minimum Gasteiger partial charge on any atom is -0.480 e. The van der Waals surface area contributed by atoms with E-state index < -0.39 is 24.3 Å². The number of carboxylic acid groups (broad SMARTS) is 1. The van der Waals surface area contributed by atoms with Crippen LogP contribution < -0.4 is 20.7 Å². The highest BCUT2D eigenvalue weighted by atomic mass is 79.9. The van der Waals surface area contributed by atoms with Gasteiger partial charge < -0.3 is 25.8 Å². The lowest BCUT2D eigenvalue weighted by atomic mass is 9.76. The monoisotopic (exact) mass is 529 g/mol. The molecule has 12 heteroatoms. The number of hydrogen-bond donors (Lipinski definition) is 3. The first-order valence-corrected chi connectivity index (χ1v) is 11.2. The van der Waals surface area contributed by atoms with E-state index in [1.54, 1.807) is 0 Å². The highest BCUT2D eigenvalue weighted by Gasteiger charge is 2.45. The van der Waals surface area contributed by atoms with Crippen LogP contribution in [-0.2, 0) is 4.79 Å². The number of halogens is 4. The van der Waals surface area contributed by atoms with Crippen molar-refractivity contribution >= 4 is 33.7 Å². The zero-order valence-corrected chi connectivity index (χ0v) is 19.1. The quantitative estimate of drug-likeness (QED) is 0.538. The van der Waals surface area contributed by atoms with Crippen LogP contribution in [0, 0.1) is 5.41 Å². The Balaban J connectivity index is 1.50. The number of nitrogens with zero attached hydrogens (tertiary/aromatic N) is 3. The van der Waals surface area contributed by atoms with Gasteiger partial charge in [0.15, 0.2) is 0 Å². The molecule has 0 saturated carbocycles. The van der Waals surface area contributed by atoms with E-state index in [4.69, 9.17) is 10.5 Å². The van der Waals surface area contributed by atoms with Crippen molar-refractivity contribution in [1.29, 1.82) is 0 Å². The predicted molar refractivity (Wildman–Crippen MR) is 118 cm³/mol. The molecular weight excluding hydrogens is 507 g/mol. The van der Waals surface area contributed by atoms with Crippen LogP contribution in [0.5, 0.6) is 5.88 Å². The molecule has 0 bridgehead atoms. The van der Waals surface area contributed by atoms with Crippen molar-refractivity contribution in [2.24, 2.45) is 5.41 Å². The van der Waals surface area contributed by atoms with Gasteiger partial charge in [0.25, 0.3) is 0 Å². The summed E-state index contributed by atoms with van der Waals surface area (Å²) in [6, 6.07) is 6.49. The van der Waals surface area contributed by atoms with Crippen molar-refractivity contribution in [2.75, 3.05) is 30.3 Å². The highest BCUT2D eigenvalue weighted by molar-refractivity contribution is 9.10. The Hall–Kier alpha value is -2.60. The minimum atomic E-state index is -4.67. The molecule has 4 rings (SSSR count). The molecular formula is C21H23BrF3N5O3. The standard InChI is InChI=1S/C21H23BrF3N5O3/c22-13-3-1-12(2-4-13)17(21(23,24)25)33-16-9-15(28-19(26)29-16)30-7-5-20(6-8-30)10-14(18(31)32)27-11-20/h1-4,9,14,17,27H,5-8,10-11H2,(H,31,32)(H2,26,28,29)/t14?,17-/m1/s1. The van der Waals surface area contributed by atoms with Crippen LogP contribution in [0.2, 0.25) is 0 Å². The molecule has 8 nitrogen and oxygen atoms in total. The molecule has 1 aromatic carbocycles. The molecule has 2 fully saturated rings. The Morgan fingerprint density at radius 3 is 2.52 bits per heavy atom. The Labute approximate surface area is 196 Å². The van der Waals surface area contributed by atoms with Gasteiger partial charge in [0.1, 0.15) is 11.9 Å². The summed E-state index contributed by atoms with van der Waals surface area (Å²) in [4.78, 5) is 21.2. The molecule has 2 aliphatic rings. The number of aromatic nitrogens is 2. The Morgan fingerprint density at radius 1 is 1.27 bits per heavy atom. The number of hydrogen-bond acceptors (Lipinski definition) is 7. The van der Waals surface area contributed by atoms with Gasteiger partial charge in [0.2, 0.25) is 17.9 Å². The average Bonchev–Trinajstić information content (AvgIpc) is 3.16. The van der Waals surface area contributed by atoms with Gasteiger partial charge in [-0.25, -0.2) is 0 Å². The van der Waals surface area contributed by atoms with E-state index in [0.717, 1.165) is 12.8 Å². The van der Waals surface area contributed by atoms with E-state index in [1.807, 2.05) is 4.90 Å². The molecule has 1 aromatic heterocycles. The topological polar surface area (TPSA) is 114 Å². The summed E-state index contributed by atoms with van der Waals surface area (Å²) in [5.74, 6) is -0.932. The molecule has 0 aliphatic carbocycles. The maximum atomic E-state index is 13.7. The number of rotatable bonds is 5. The Bertz CT molecular complexity index is 1010. The molecule has 3 heterocycles. The Morgan fingerprint density at radius 2 is 1.94 bits per heavy atom. The number of piperidine rings is 1. The van der Waals surface area contributed by atoms with E-state index >= 15 is 0 Å². The lowest BCUT2D eigenvalue weighted by molar-refractivity contribution is -0.198. The molecule has 0 amide bonds. The van der Waals surface area contributed by atoms with Crippen molar-refractivity contribution in [2.45, 2.75) is 37.6 Å². The van der Waals surface area contributed by atoms with Crippen LogP contribution in [0.15, 0.2) is 34.8 Å². The third kappa shape index (κ3) is 5.32. The van der Waals surface area contributed by atoms with Gasteiger partial charge in [-0.05, 0) is 36.8 Å². The first kappa shape index (κ1) is 23.6. The smallest absolute Gasteiger partial charge is 0.429 e. The van der Waals surface area contributed by atoms with Crippen molar-refractivity contribution in [3.63, 3.8) is 0 Å². The molecule has 2 aliphatic heterocycles. The number of nitrogens with two attached hydrogens (primary N) is 1. The van der Waals surface area contributed by atoms with E-state index in [-0.39, 0.29) is 22.8 Å². The summed E-state index contributed by atoms with van der Waals surface area (Å²) < 4.78 is 47.1. The fourth-order valence-electron chi connectivity index (χ4n) is 4.42. The van der Waals surface area contributed by atoms with Crippen molar-refractivity contribution in [3.8, 4) is 5.88 Å². The number of nitrogen functional groups attached to an aromatic ring is 1. The second-order valence-corrected chi connectivity index (χ2v) is 9.39. The van der Waals surface area contributed by atoms with E-state index in [0.29, 0.717) is 36.3 Å². The summed E-state index contributed by atoms with van der Waals surface area (Å²) in [6.07, 6.45) is -4.87. The fourth-order valence-corrected chi connectivity index (χ4v) is 4.68. The van der Waals surface area contributed by atoms with Gasteiger partial charge in [0.05, 0.1) is 0 Å². The van der Waals surface area contributed by atoms with Gasteiger partial charge in [-0.1, -0.05) is 28.1 Å².